The number of nitrogens with zero attached hydrogens (tertiary/aromatic N) is 3. The highest BCUT2D eigenvalue weighted by atomic mass is 15.2. The molecule has 0 aliphatic rings. The van der Waals surface area contributed by atoms with Crippen LogP contribution in [0.4, 0.5) is 5.69 Å². The Morgan fingerprint density at radius 3 is 2.04 bits per heavy atom. The van der Waals surface area contributed by atoms with Gasteiger partial charge in [0.2, 0.25) is 0 Å². The Labute approximate surface area is 173 Å². The number of rotatable bonds is 11. The maximum absolute atomic E-state index is 4.73. The Morgan fingerprint density at radius 2 is 1.54 bits per heavy atom. The van der Waals surface area contributed by atoms with Crippen LogP contribution in [-0.4, -0.2) is 62.8 Å². The van der Waals surface area contributed by atoms with Crippen molar-refractivity contribution in [2.75, 3.05) is 52.6 Å². The summed E-state index contributed by atoms with van der Waals surface area (Å²) in [4.78, 5) is 9.28. The first-order valence-corrected chi connectivity index (χ1v) is 10.5. The van der Waals surface area contributed by atoms with E-state index in [9.17, 15) is 0 Å². The van der Waals surface area contributed by atoms with Crippen LogP contribution in [0.5, 0.6) is 0 Å². The van der Waals surface area contributed by atoms with Gasteiger partial charge in [-0.15, -0.1) is 0 Å². The van der Waals surface area contributed by atoms with E-state index in [1.807, 2.05) is 0 Å². The molecule has 0 saturated carbocycles. The molecule has 1 aromatic carbocycles. The zero-order chi connectivity index (χ0) is 21.3. The second-order valence-corrected chi connectivity index (χ2v) is 8.70. The number of allylic oxidation sites excluding steroid dienone is 2. The minimum atomic E-state index is 0.487. The third kappa shape index (κ3) is 8.57. The molecule has 0 aromatic heterocycles. The van der Waals surface area contributed by atoms with E-state index in [0.717, 1.165) is 37.6 Å². The molecule has 0 fully saturated rings. The van der Waals surface area contributed by atoms with E-state index in [1.165, 1.54) is 16.8 Å². The first-order valence-electron chi connectivity index (χ1n) is 10.5. The third-order valence-corrected chi connectivity index (χ3v) is 4.89. The van der Waals surface area contributed by atoms with Crippen LogP contribution in [-0.2, 0) is 0 Å². The second-order valence-electron chi connectivity index (χ2n) is 8.70. The monoisotopic (exact) mass is 386 g/mol. The second kappa shape index (κ2) is 12.0. The molecule has 0 aliphatic heterocycles. The molecule has 0 atom stereocenters. The van der Waals surface area contributed by atoms with Gasteiger partial charge in [0.1, 0.15) is 0 Å². The average molecular weight is 387 g/mol. The zero-order valence-electron chi connectivity index (χ0n) is 19.6. The van der Waals surface area contributed by atoms with Crippen LogP contribution in [0.1, 0.15) is 64.5 Å². The van der Waals surface area contributed by atoms with Crippen LogP contribution in [0.3, 0.4) is 0 Å². The van der Waals surface area contributed by atoms with Gasteiger partial charge in [-0.05, 0) is 64.0 Å². The van der Waals surface area contributed by atoms with E-state index in [1.54, 1.807) is 0 Å². The van der Waals surface area contributed by atoms with E-state index in [2.05, 4.69) is 102 Å². The lowest BCUT2D eigenvalue weighted by Gasteiger charge is -2.21. The van der Waals surface area contributed by atoms with Crippen molar-refractivity contribution in [2.24, 2.45) is 4.99 Å². The zero-order valence-corrected chi connectivity index (χ0v) is 19.6. The highest BCUT2D eigenvalue weighted by Crippen LogP contribution is 2.33. The molecular weight excluding hydrogens is 344 g/mol. The van der Waals surface area contributed by atoms with Crippen molar-refractivity contribution in [2.45, 2.75) is 53.4 Å². The standard InChI is InChI=1S/C24H42N4/c1-18(2)22-11-10-12-23(19(3)4)24(22)26-21(6)17-20(5)25-13-14-28(9)16-15-27(7)8/h10-12,17-19,26H,13-16H2,1-9H3/b21-17-,25-20?. The Kier molecular flexibility index (Phi) is 10.5. The summed E-state index contributed by atoms with van der Waals surface area (Å²) >= 11 is 0. The van der Waals surface area contributed by atoms with Gasteiger partial charge in [-0.1, -0.05) is 45.9 Å². The quantitative estimate of drug-likeness (QED) is 0.530. The van der Waals surface area contributed by atoms with Crippen LogP contribution in [0.25, 0.3) is 0 Å². The Bertz CT molecular complexity index is 630. The van der Waals surface area contributed by atoms with Crippen molar-refractivity contribution in [3.8, 4) is 0 Å². The first-order chi connectivity index (χ1) is 13.1. The molecule has 158 valence electrons. The highest BCUT2D eigenvalue weighted by Gasteiger charge is 2.13. The maximum atomic E-state index is 4.73. The lowest BCUT2D eigenvalue weighted by molar-refractivity contribution is 0.288. The fourth-order valence-electron chi connectivity index (χ4n) is 3.17. The molecule has 4 nitrogen and oxygen atoms in total. The van der Waals surface area contributed by atoms with Crippen LogP contribution in [0, 0.1) is 0 Å². The Morgan fingerprint density at radius 1 is 0.964 bits per heavy atom. The summed E-state index contributed by atoms with van der Waals surface area (Å²) in [5.41, 5.74) is 6.21. The van der Waals surface area contributed by atoms with E-state index in [-0.39, 0.29) is 0 Å². The fraction of sp³-hybridized carbons (Fsp3) is 0.625. The number of anilines is 1. The van der Waals surface area contributed by atoms with Crippen LogP contribution in [0.2, 0.25) is 0 Å². The van der Waals surface area contributed by atoms with Crippen LogP contribution < -0.4 is 5.32 Å². The van der Waals surface area contributed by atoms with E-state index in [4.69, 9.17) is 4.99 Å². The third-order valence-electron chi connectivity index (χ3n) is 4.89. The van der Waals surface area contributed by atoms with Gasteiger partial charge in [-0.2, -0.15) is 0 Å². The van der Waals surface area contributed by atoms with Crippen LogP contribution in [0.15, 0.2) is 35.0 Å². The molecular formula is C24H42N4. The minimum Gasteiger partial charge on any atom is -0.359 e. The Balaban J connectivity index is 2.79. The molecule has 28 heavy (non-hydrogen) atoms. The lowest BCUT2D eigenvalue weighted by atomic mass is 9.92. The van der Waals surface area contributed by atoms with Crippen LogP contribution >= 0.6 is 0 Å². The largest absolute Gasteiger partial charge is 0.359 e. The molecule has 1 aromatic rings. The summed E-state index contributed by atoms with van der Waals surface area (Å²) in [7, 11) is 6.38. The predicted molar refractivity (Wildman–Crippen MR) is 126 cm³/mol. The molecule has 1 N–H and O–H groups in total. The van der Waals surface area contributed by atoms with Gasteiger partial charge in [0.05, 0.1) is 6.54 Å². The predicted octanol–water partition coefficient (Wildman–Crippen LogP) is 5.20. The number of hydrogen-bond acceptors (Lipinski definition) is 4. The summed E-state index contributed by atoms with van der Waals surface area (Å²) in [5.74, 6) is 0.975. The summed E-state index contributed by atoms with van der Waals surface area (Å²) in [6, 6.07) is 6.64. The summed E-state index contributed by atoms with van der Waals surface area (Å²) in [6.07, 6.45) is 2.15. The summed E-state index contributed by atoms with van der Waals surface area (Å²) in [5, 5.41) is 3.67. The normalized spacial score (nSPS) is 13.3. The van der Waals surface area contributed by atoms with Gasteiger partial charge in [0.25, 0.3) is 0 Å². The first kappa shape index (κ1) is 24.4. The molecule has 0 radical (unpaired) electrons. The summed E-state index contributed by atoms with van der Waals surface area (Å²) < 4.78 is 0. The molecule has 0 bridgehead atoms. The average Bonchev–Trinajstić information content (AvgIpc) is 2.59. The molecule has 0 aliphatic carbocycles. The molecule has 0 heterocycles. The van der Waals surface area contributed by atoms with Crippen molar-refractivity contribution in [3.05, 3.63) is 41.1 Å². The number of benzene rings is 1. The Hall–Kier alpha value is -1.65. The lowest BCUT2D eigenvalue weighted by Crippen LogP contribution is -2.30. The van der Waals surface area contributed by atoms with Crippen molar-refractivity contribution in [1.82, 2.24) is 9.80 Å². The van der Waals surface area contributed by atoms with E-state index < -0.39 is 0 Å². The SMILES string of the molecule is CC(/C=C(/C)Nc1c(C(C)C)cccc1C(C)C)=NCCN(C)CCN(C)C. The number of aliphatic imine (C=N–C) groups is 1. The number of para-hydroxylation sites is 1. The van der Waals surface area contributed by atoms with Gasteiger partial charge >= 0.3 is 0 Å². The van der Waals surface area contributed by atoms with Gasteiger partial charge in [0.15, 0.2) is 0 Å². The summed E-state index contributed by atoms with van der Waals surface area (Å²) in [6.45, 7) is 17.2. The topological polar surface area (TPSA) is 30.9 Å². The van der Waals surface area contributed by atoms with Crippen molar-refractivity contribution in [1.29, 1.82) is 0 Å². The van der Waals surface area contributed by atoms with Gasteiger partial charge < -0.3 is 15.1 Å². The smallest absolute Gasteiger partial charge is 0.0519 e. The maximum Gasteiger partial charge on any atom is 0.0519 e. The van der Waals surface area contributed by atoms with E-state index >= 15 is 0 Å². The van der Waals surface area contributed by atoms with Gasteiger partial charge in [0, 0.05) is 36.7 Å². The van der Waals surface area contributed by atoms with Crippen molar-refractivity contribution >= 4 is 11.4 Å². The minimum absolute atomic E-state index is 0.487. The molecule has 0 saturated heterocycles. The number of likely N-dealkylation sites (N-methyl/N-ethyl adjacent to an activating group) is 2. The highest BCUT2D eigenvalue weighted by molar-refractivity contribution is 5.93. The fourth-order valence-corrected chi connectivity index (χ4v) is 3.17. The molecule has 0 unspecified atom stereocenters. The number of hydrogen-bond donors (Lipinski definition) is 1. The van der Waals surface area contributed by atoms with E-state index in [0.29, 0.717) is 11.8 Å². The molecule has 0 amide bonds. The molecule has 4 heteroatoms. The number of nitrogens with one attached hydrogen (secondary N) is 1. The van der Waals surface area contributed by atoms with Crippen molar-refractivity contribution < 1.29 is 0 Å². The molecule has 1 rings (SSSR count). The van der Waals surface area contributed by atoms with Gasteiger partial charge in [-0.25, -0.2) is 0 Å². The van der Waals surface area contributed by atoms with Gasteiger partial charge in [-0.3, -0.25) is 4.99 Å². The van der Waals surface area contributed by atoms with Crippen molar-refractivity contribution in [3.63, 3.8) is 0 Å². The molecule has 0 spiro atoms.